The van der Waals surface area contributed by atoms with Gasteiger partial charge in [-0.3, -0.25) is 4.79 Å². The summed E-state index contributed by atoms with van der Waals surface area (Å²) in [5, 5.41) is 11.8. The van der Waals surface area contributed by atoms with E-state index in [4.69, 9.17) is 18.9 Å². The lowest BCUT2D eigenvalue weighted by Gasteiger charge is -2.35. The Kier molecular flexibility index (Phi) is 7.44. The highest BCUT2D eigenvalue weighted by Gasteiger charge is 2.40. The third-order valence-corrected chi connectivity index (χ3v) is 6.89. The fourth-order valence-electron chi connectivity index (χ4n) is 4.65. The molecule has 3 aromatic rings. The molecule has 0 unspecified atom stereocenters. The minimum atomic E-state index is -0.612. The first-order valence-electron chi connectivity index (χ1n) is 11.9. The molecule has 0 N–H and O–H groups in total. The molecule has 0 bridgehead atoms. The summed E-state index contributed by atoms with van der Waals surface area (Å²) in [6, 6.07) is 19.1. The van der Waals surface area contributed by atoms with Crippen molar-refractivity contribution < 1.29 is 28.5 Å². The van der Waals surface area contributed by atoms with Crippen LogP contribution in [0, 0.1) is 16.7 Å². The zero-order valence-electron chi connectivity index (χ0n) is 20.7. The average molecular weight is 488 g/mol. The van der Waals surface area contributed by atoms with Crippen molar-refractivity contribution >= 4 is 22.7 Å². The van der Waals surface area contributed by atoms with Crippen molar-refractivity contribution in [1.29, 1.82) is 5.26 Å². The Labute approximate surface area is 210 Å². The number of fused-ring (bicyclic) bond motifs is 1. The van der Waals surface area contributed by atoms with E-state index in [0.29, 0.717) is 31.4 Å². The Balaban J connectivity index is 1.40. The van der Waals surface area contributed by atoms with Crippen molar-refractivity contribution in [3.63, 3.8) is 0 Å². The molecule has 1 fully saturated rings. The number of esters is 2. The lowest BCUT2D eigenvalue weighted by Crippen LogP contribution is -2.37. The Hall–Kier alpha value is -4.05. The van der Waals surface area contributed by atoms with Gasteiger partial charge < -0.3 is 18.9 Å². The van der Waals surface area contributed by atoms with Crippen LogP contribution in [-0.4, -0.2) is 32.3 Å². The molecule has 3 aromatic carbocycles. The van der Waals surface area contributed by atoms with Gasteiger partial charge in [0.25, 0.3) is 0 Å². The summed E-state index contributed by atoms with van der Waals surface area (Å²) in [7, 11) is 2.70. The van der Waals surface area contributed by atoms with Crippen molar-refractivity contribution in [3.8, 4) is 17.6 Å². The standard InChI is InChI=1S/C29H29NO6/c1-29(28(32)35-18-20-9-6-8-19-7-4-5-10-23(19)20)13-11-22(12-14-29)36-25-16-24(27(31)34-3)26(33-2)15-21(25)17-30/h4-10,15-16,22H,11-14,18H2,1-3H3. The summed E-state index contributed by atoms with van der Waals surface area (Å²) in [5.41, 5.74) is 0.820. The number of nitrogens with zero attached hydrogens (tertiary/aromatic N) is 1. The number of methoxy groups -OCH3 is 2. The largest absolute Gasteiger partial charge is 0.496 e. The molecule has 186 valence electrons. The molecule has 1 aliphatic carbocycles. The molecule has 0 amide bonds. The minimum Gasteiger partial charge on any atom is -0.496 e. The van der Waals surface area contributed by atoms with Gasteiger partial charge in [-0.05, 0) is 55.0 Å². The van der Waals surface area contributed by atoms with Crippen LogP contribution in [-0.2, 0) is 20.9 Å². The lowest BCUT2D eigenvalue weighted by atomic mass is 9.74. The maximum absolute atomic E-state index is 13.0. The Morgan fingerprint density at radius 1 is 1.03 bits per heavy atom. The van der Waals surface area contributed by atoms with E-state index in [0.717, 1.165) is 16.3 Å². The maximum Gasteiger partial charge on any atom is 0.341 e. The first kappa shape index (κ1) is 25.1. The lowest BCUT2D eigenvalue weighted by molar-refractivity contribution is -0.159. The van der Waals surface area contributed by atoms with Crippen molar-refractivity contribution in [2.75, 3.05) is 14.2 Å². The number of hydrogen-bond acceptors (Lipinski definition) is 7. The van der Waals surface area contributed by atoms with Crippen molar-refractivity contribution in [1.82, 2.24) is 0 Å². The molecule has 36 heavy (non-hydrogen) atoms. The van der Waals surface area contributed by atoms with Gasteiger partial charge in [0.2, 0.25) is 0 Å². The molecule has 4 rings (SSSR count). The van der Waals surface area contributed by atoms with Crippen LogP contribution in [0.15, 0.2) is 54.6 Å². The molecule has 1 saturated carbocycles. The quantitative estimate of drug-likeness (QED) is 0.402. The van der Waals surface area contributed by atoms with Crippen LogP contribution in [0.2, 0.25) is 0 Å². The predicted octanol–water partition coefficient (Wildman–Crippen LogP) is 5.58. The monoisotopic (exact) mass is 487 g/mol. The summed E-state index contributed by atoms with van der Waals surface area (Å²) >= 11 is 0. The second-order valence-electron chi connectivity index (χ2n) is 9.24. The number of benzene rings is 3. The Morgan fingerprint density at radius 3 is 2.44 bits per heavy atom. The van der Waals surface area contributed by atoms with Gasteiger partial charge in [0.05, 0.1) is 31.3 Å². The summed E-state index contributed by atoms with van der Waals surface area (Å²) in [6.45, 7) is 2.15. The Morgan fingerprint density at radius 2 is 1.75 bits per heavy atom. The number of nitriles is 1. The number of carbonyl (C=O) groups is 2. The van der Waals surface area contributed by atoms with E-state index < -0.39 is 11.4 Å². The van der Waals surface area contributed by atoms with Crippen LogP contribution in [0.5, 0.6) is 11.5 Å². The fourth-order valence-corrected chi connectivity index (χ4v) is 4.65. The van der Waals surface area contributed by atoms with Crippen molar-refractivity contribution in [2.45, 2.75) is 45.3 Å². The van der Waals surface area contributed by atoms with E-state index in [9.17, 15) is 14.9 Å². The third kappa shape index (κ3) is 5.13. The molecule has 0 spiro atoms. The van der Waals surface area contributed by atoms with Crippen LogP contribution in [0.1, 0.15) is 54.1 Å². The molecule has 0 aromatic heterocycles. The summed E-state index contributed by atoms with van der Waals surface area (Å²) in [5.74, 6) is -0.253. The number of hydrogen-bond donors (Lipinski definition) is 0. The molecule has 7 nitrogen and oxygen atoms in total. The summed E-state index contributed by atoms with van der Waals surface area (Å²) in [6.07, 6.45) is 2.21. The first-order valence-corrected chi connectivity index (χ1v) is 11.9. The smallest absolute Gasteiger partial charge is 0.341 e. The van der Waals surface area contributed by atoms with E-state index in [2.05, 4.69) is 6.07 Å². The number of carbonyl (C=O) groups excluding carboxylic acids is 2. The maximum atomic E-state index is 13.0. The molecular formula is C29H29NO6. The highest BCUT2D eigenvalue weighted by Crippen LogP contribution is 2.40. The highest BCUT2D eigenvalue weighted by atomic mass is 16.5. The molecule has 0 heterocycles. The van der Waals surface area contributed by atoms with Gasteiger partial charge in [-0.15, -0.1) is 0 Å². The van der Waals surface area contributed by atoms with E-state index in [1.165, 1.54) is 26.4 Å². The zero-order valence-corrected chi connectivity index (χ0v) is 20.7. The van der Waals surface area contributed by atoms with Gasteiger partial charge in [-0.2, -0.15) is 5.26 Å². The third-order valence-electron chi connectivity index (χ3n) is 6.89. The van der Waals surface area contributed by atoms with Crippen LogP contribution >= 0.6 is 0 Å². The average Bonchev–Trinajstić information content (AvgIpc) is 2.92. The molecule has 0 aliphatic heterocycles. The van der Waals surface area contributed by atoms with Gasteiger partial charge in [0, 0.05) is 6.07 Å². The van der Waals surface area contributed by atoms with E-state index >= 15 is 0 Å². The predicted molar refractivity (Wildman–Crippen MR) is 134 cm³/mol. The van der Waals surface area contributed by atoms with Crippen LogP contribution in [0.25, 0.3) is 10.8 Å². The molecule has 1 aliphatic rings. The van der Waals surface area contributed by atoms with Crippen LogP contribution < -0.4 is 9.47 Å². The SMILES string of the molecule is COC(=O)c1cc(OC2CCC(C)(C(=O)OCc3cccc4ccccc34)CC2)c(C#N)cc1OC. The first-order chi connectivity index (χ1) is 17.4. The fraction of sp³-hybridized carbons (Fsp3) is 0.345. The van der Waals surface area contributed by atoms with E-state index in [-0.39, 0.29) is 35.6 Å². The van der Waals surface area contributed by atoms with E-state index in [1.807, 2.05) is 49.4 Å². The van der Waals surface area contributed by atoms with Crippen LogP contribution in [0.4, 0.5) is 0 Å². The second-order valence-corrected chi connectivity index (χ2v) is 9.24. The molecule has 0 atom stereocenters. The zero-order chi connectivity index (χ0) is 25.7. The van der Waals surface area contributed by atoms with Gasteiger partial charge in [0.1, 0.15) is 29.7 Å². The topological polar surface area (TPSA) is 94.9 Å². The molecule has 7 heteroatoms. The molecular weight excluding hydrogens is 458 g/mol. The van der Waals surface area contributed by atoms with Crippen molar-refractivity contribution in [3.05, 3.63) is 71.3 Å². The minimum absolute atomic E-state index is 0.187. The highest BCUT2D eigenvalue weighted by molar-refractivity contribution is 5.93. The van der Waals surface area contributed by atoms with Gasteiger partial charge in [-0.1, -0.05) is 42.5 Å². The Bertz CT molecular complexity index is 1310. The normalized spacial score (nSPS) is 19.2. The van der Waals surface area contributed by atoms with E-state index in [1.54, 1.807) is 0 Å². The summed E-state index contributed by atoms with van der Waals surface area (Å²) in [4.78, 5) is 25.2. The summed E-state index contributed by atoms with van der Waals surface area (Å²) < 4.78 is 21.9. The van der Waals surface area contributed by atoms with Gasteiger partial charge in [0.15, 0.2) is 0 Å². The number of rotatable bonds is 7. The van der Waals surface area contributed by atoms with Crippen molar-refractivity contribution in [2.24, 2.45) is 5.41 Å². The van der Waals surface area contributed by atoms with Gasteiger partial charge >= 0.3 is 11.9 Å². The molecule has 0 radical (unpaired) electrons. The van der Waals surface area contributed by atoms with Gasteiger partial charge in [-0.25, -0.2) is 4.79 Å². The number of ether oxygens (including phenoxy) is 4. The molecule has 0 saturated heterocycles. The van der Waals surface area contributed by atoms with Crippen LogP contribution in [0.3, 0.4) is 0 Å². The second kappa shape index (κ2) is 10.7.